The van der Waals surface area contributed by atoms with Crippen LogP contribution in [-0.2, 0) is 16.1 Å². The summed E-state index contributed by atoms with van der Waals surface area (Å²) >= 11 is 0. The molecule has 1 amide bonds. The monoisotopic (exact) mass is 260 g/mol. The van der Waals surface area contributed by atoms with Crippen LogP contribution < -0.4 is 11.1 Å². The third-order valence-electron chi connectivity index (χ3n) is 2.33. The molecule has 1 rings (SSSR count). The van der Waals surface area contributed by atoms with Gasteiger partial charge in [0.2, 0.25) is 5.91 Å². The van der Waals surface area contributed by atoms with Crippen molar-refractivity contribution in [3.05, 3.63) is 35.4 Å². The van der Waals surface area contributed by atoms with Crippen molar-refractivity contribution in [2.75, 3.05) is 13.2 Å². The molecule has 0 aliphatic heterocycles. The number of hydrogen-bond acceptors (Lipinski definition) is 3. The fourth-order valence-electron chi connectivity index (χ4n) is 1.35. The van der Waals surface area contributed by atoms with E-state index in [1.54, 1.807) is 0 Å². The molecule has 3 N–H and O–H groups in total. The van der Waals surface area contributed by atoms with Crippen LogP contribution in [0, 0.1) is 11.8 Å². The van der Waals surface area contributed by atoms with E-state index in [1.165, 1.54) is 0 Å². The molecule has 0 radical (unpaired) electrons. The second kappa shape index (κ2) is 8.30. The maximum Gasteiger partial charge on any atom is 0.246 e. The molecule has 4 nitrogen and oxygen atoms in total. The first-order valence-electron chi connectivity index (χ1n) is 6.28. The Bertz CT molecular complexity index is 455. The third kappa shape index (κ3) is 6.61. The zero-order valence-electron chi connectivity index (χ0n) is 11.4. The standard InChI is InChI=1S/C15H20N2O2/c1-12(2)19-11-15(18)17-10-14-7-5-13(6-8-14)4-3-9-16/h5-8,12H,9-11,16H2,1-2H3,(H,17,18). The molecule has 0 spiro atoms. The Morgan fingerprint density at radius 3 is 2.63 bits per heavy atom. The second-order valence-corrected chi connectivity index (χ2v) is 4.34. The predicted octanol–water partition coefficient (Wildman–Crippen LogP) is 1.04. The Morgan fingerprint density at radius 2 is 2.05 bits per heavy atom. The fraction of sp³-hybridized carbons (Fsp3) is 0.400. The number of rotatable bonds is 5. The fourth-order valence-corrected chi connectivity index (χ4v) is 1.35. The molecule has 0 saturated heterocycles. The van der Waals surface area contributed by atoms with Crippen molar-refractivity contribution in [3.63, 3.8) is 0 Å². The summed E-state index contributed by atoms with van der Waals surface area (Å²) in [6.45, 7) is 4.74. The van der Waals surface area contributed by atoms with Crippen molar-refractivity contribution >= 4 is 5.91 Å². The molecule has 4 heteroatoms. The van der Waals surface area contributed by atoms with Crippen LogP contribution in [0.25, 0.3) is 0 Å². The van der Waals surface area contributed by atoms with E-state index in [-0.39, 0.29) is 18.6 Å². The van der Waals surface area contributed by atoms with Crippen LogP contribution in [0.3, 0.4) is 0 Å². The topological polar surface area (TPSA) is 64.3 Å². The van der Waals surface area contributed by atoms with Gasteiger partial charge in [0, 0.05) is 12.1 Å². The van der Waals surface area contributed by atoms with Crippen molar-refractivity contribution in [1.29, 1.82) is 0 Å². The largest absolute Gasteiger partial charge is 0.369 e. The molecule has 1 aromatic carbocycles. The third-order valence-corrected chi connectivity index (χ3v) is 2.33. The Hall–Kier alpha value is -1.83. The summed E-state index contributed by atoms with van der Waals surface area (Å²) in [5.41, 5.74) is 7.25. The van der Waals surface area contributed by atoms with Crippen molar-refractivity contribution in [2.24, 2.45) is 5.73 Å². The van der Waals surface area contributed by atoms with E-state index in [9.17, 15) is 4.79 Å². The summed E-state index contributed by atoms with van der Waals surface area (Å²) in [6.07, 6.45) is 0.0613. The van der Waals surface area contributed by atoms with E-state index in [4.69, 9.17) is 10.5 Å². The van der Waals surface area contributed by atoms with Gasteiger partial charge < -0.3 is 15.8 Å². The van der Waals surface area contributed by atoms with Gasteiger partial charge in [-0.25, -0.2) is 0 Å². The highest BCUT2D eigenvalue weighted by Gasteiger charge is 2.02. The molecule has 19 heavy (non-hydrogen) atoms. The SMILES string of the molecule is CC(C)OCC(=O)NCc1ccc(C#CCN)cc1. The summed E-state index contributed by atoms with van der Waals surface area (Å²) < 4.78 is 5.21. The normalized spacial score (nSPS) is 9.89. The summed E-state index contributed by atoms with van der Waals surface area (Å²) in [6, 6.07) is 7.69. The van der Waals surface area contributed by atoms with Crippen LogP contribution in [0.1, 0.15) is 25.0 Å². The molecule has 0 atom stereocenters. The number of nitrogens with two attached hydrogens (primary N) is 1. The van der Waals surface area contributed by atoms with Crippen molar-refractivity contribution in [2.45, 2.75) is 26.5 Å². The van der Waals surface area contributed by atoms with Gasteiger partial charge in [-0.15, -0.1) is 0 Å². The van der Waals surface area contributed by atoms with E-state index in [1.807, 2.05) is 38.1 Å². The van der Waals surface area contributed by atoms with Gasteiger partial charge in [0.1, 0.15) is 6.61 Å². The van der Waals surface area contributed by atoms with Crippen LogP contribution in [0.15, 0.2) is 24.3 Å². The minimum absolute atomic E-state index is 0.0613. The van der Waals surface area contributed by atoms with Gasteiger partial charge in [0.15, 0.2) is 0 Å². The Kier molecular flexibility index (Phi) is 6.65. The molecular formula is C15H20N2O2. The highest BCUT2D eigenvalue weighted by atomic mass is 16.5. The van der Waals surface area contributed by atoms with E-state index >= 15 is 0 Å². The van der Waals surface area contributed by atoms with Gasteiger partial charge in [0.05, 0.1) is 12.6 Å². The summed E-state index contributed by atoms with van der Waals surface area (Å²) in [5, 5.41) is 2.80. The number of nitrogens with one attached hydrogen (secondary N) is 1. The van der Waals surface area contributed by atoms with Crippen LogP contribution >= 0.6 is 0 Å². The molecular weight excluding hydrogens is 240 g/mol. The number of hydrogen-bond donors (Lipinski definition) is 2. The molecule has 0 heterocycles. The predicted molar refractivity (Wildman–Crippen MR) is 75.3 cm³/mol. The van der Waals surface area contributed by atoms with Gasteiger partial charge in [-0.3, -0.25) is 4.79 Å². The summed E-state index contributed by atoms with van der Waals surface area (Å²) in [7, 11) is 0. The van der Waals surface area contributed by atoms with Gasteiger partial charge >= 0.3 is 0 Å². The highest BCUT2D eigenvalue weighted by molar-refractivity contribution is 5.77. The zero-order chi connectivity index (χ0) is 14.1. The lowest BCUT2D eigenvalue weighted by Gasteiger charge is -2.08. The summed E-state index contributed by atoms with van der Waals surface area (Å²) in [5.74, 6) is 5.63. The number of benzene rings is 1. The van der Waals surface area contributed by atoms with Gasteiger partial charge in [-0.1, -0.05) is 24.0 Å². The molecule has 0 aliphatic carbocycles. The average molecular weight is 260 g/mol. The first-order chi connectivity index (χ1) is 9.11. The quantitative estimate of drug-likeness (QED) is 0.777. The van der Waals surface area contributed by atoms with Crippen molar-refractivity contribution in [1.82, 2.24) is 5.32 Å². The molecule has 0 unspecified atom stereocenters. The first-order valence-corrected chi connectivity index (χ1v) is 6.28. The molecule has 102 valence electrons. The van der Waals surface area contributed by atoms with Crippen LogP contribution in [0.2, 0.25) is 0 Å². The number of ether oxygens (including phenoxy) is 1. The lowest BCUT2D eigenvalue weighted by molar-refractivity contribution is -0.127. The minimum Gasteiger partial charge on any atom is -0.369 e. The van der Waals surface area contributed by atoms with E-state index in [0.717, 1.165) is 11.1 Å². The van der Waals surface area contributed by atoms with Gasteiger partial charge in [0.25, 0.3) is 0 Å². The molecule has 1 aromatic rings. The smallest absolute Gasteiger partial charge is 0.246 e. The Morgan fingerprint density at radius 1 is 1.37 bits per heavy atom. The maximum atomic E-state index is 11.5. The highest BCUT2D eigenvalue weighted by Crippen LogP contribution is 2.03. The average Bonchev–Trinajstić information content (AvgIpc) is 2.41. The second-order valence-electron chi connectivity index (χ2n) is 4.34. The Labute approximate surface area is 114 Å². The van der Waals surface area contributed by atoms with E-state index in [0.29, 0.717) is 13.1 Å². The van der Waals surface area contributed by atoms with Crippen molar-refractivity contribution < 1.29 is 9.53 Å². The van der Waals surface area contributed by atoms with Crippen LogP contribution in [0.5, 0.6) is 0 Å². The van der Waals surface area contributed by atoms with Gasteiger partial charge in [-0.05, 0) is 31.5 Å². The number of amides is 1. The molecule has 0 saturated carbocycles. The van der Waals surface area contributed by atoms with E-state index < -0.39 is 0 Å². The van der Waals surface area contributed by atoms with Gasteiger partial charge in [-0.2, -0.15) is 0 Å². The lowest BCUT2D eigenvalue weighted by atomic mass is 10.1. The molecule has 0 bridgehead atoms. The number of carbonyl (C=O) groups excluding carboxylic acids is 1. The number of carbonyl (C=O) groups is 1. The lowest BCUT2D eigenvalue weighted by Crippen LogP contribution is -2.28. The zero-order valence-corrected chi connectivity index (χ0v) is 11.4. The first kappa shape index (κ1) is 15.2. The van der Waals surface area contributed by atoms with E-state index in [2.05, 4.69) is 17.2 Å². The van der Waals surface area contributed by atoms with Crippen molar-refractivity contribution in [3.8, 4) is 11.8 Å². The van der Waals surface area contributed by atoms with Crippen LogP contribution in [-0.4, -0.2) is 25.2 Å². The molecule has 0 aliphatic rings. The van der Waals surface area contributed by atoms with Crippen LogP contribution in [0.4, 0.5) is 0 Å². The maximum absolute atomic E-state index is 11.5. The molecule has 0 aromatic heterocycles. The Balaban J connectivity index is 2.39. The summed E-state index contributed by atoms with van der Waals surface area (Å²) in [4.78, 5) is 11.5. The minimum atomic E-state index is -0.110. The molecule has 0 fully saturated rings.